The Morgan fingerprint density at radius 3 is 2.85 bits per heavy atom. The van der Waals surface area contributed by atoms with Gasteiger partial charge in [0.25, 0.3) is 5.91 Å². The van der Waals surface area contributed by atoms with Gasteiger partial charge in [0.1, 0.15) is 6.04 Å². The van der Waals surface area contributed by atoms with Crippen LogP contribution < -0.4 is 16.0 Å². The number of fused-ring (bicyclic) bond motifs is 1. The molecule has 0 spiro atoms. The zero-order valence-electron chi connectivity index (χ0n) is 14.7. The molecule has 3 N–H and O–H groups in total. The van der Waals surface area contributed by atoms with E-state index in [0.717, 1.165) is 24.2 Å². The molecule has 3 aliphatic rings. The van der Waals surface area contributed by atoms with Crippen LogP contribution in [0.5, 0.6) is 0 Å². The average molecular weight is 356 g/mol. The van der Waals surface area contributed by atoms with E-state index in [2.05, 4.69) is 16.0 Å². The normalized spacial score (nSPS) is 25.5. The van der Waals surface area contributed by atoms with Crippen molar-refractivity contribution in [1.82, 2.24) is 20.9 Å². The summed E-state index contributed by atoms with van der Waals surface area (Å²) in [7, 11) is 0. The minimum atomic E-state index is -0.559. The van der Waals surface area contributed by atoms with Crippen molar-refractivity contribution >= 4 is 17.7 Å². The van der Waals surface area contributed by atoms with Crippen molar-refractivity contribution in [3.63, 3.8) is 0 Å². The molecule has 2 unspecified atom stereocenters. The van der Waals surface area contributed by atoms with Crippen LogP contribution in [-0.2, 0) is 22.7 Å². The van der Waals surface area contributed by atoms with Crippen LogP contribution in [0.1, 0.15) is 47.2 Å². The Hall–Kier alpha value is -2.25. The van der Waals surface area contributed by atoms with Crippen LogP contribution in [0.25, 0.3) is 0 Å². The van der Waals surface area contributed by atoms with E-state index in [1.54, 1.807) is 4.90 Å². The standard InChI is InChI=1S/C19H24N4O3/c24-17-7-6-16(18(25)22-17)23-11-15-12(3-1-5-14(15)19(23)26)9-20-10-13-4-2-8-21-13/h1,3,5,13,16,20-21H,2,4,6-11H2,(H,22,24,25). The van der Waals surface area contributed by atoms with E-state index < -0.39 is 6.04 Å². The Morgan fingerprint density at radius 2 is 2.08 bits per heavy atom. The number of hydrogen-bond donors (Lipinski definition) is 3. The zero-order valence-corrected chi connectivity index (χ0v) is 14.7. The SMILES string of the molecule is O=C1CCC(N2Cc3c(CNCC4CCCN4)cccc3C2=O)C(=O)N1. The molecular weight excluding hydrogens is 332 g/mol. The summed E-state index contributed by atoms with van der Waals surface area (Å²) in [6, 6.07) is 5.72. The highest BCUT2D eigenvalue weighted by Gasteiger charge is 2.39. The summed E-state index contributed by atoms with van der Waals surface area (Å²) in [5, 5.41) is 9.29. The summed E-state index contributed by atoms with van der Waals surface area (Å²) in [4.78, 5) is 37.9. The van der Waals surface area contributed by atoms with Crippen molar-refractivity contribution < 1.29 is 14.4 Å². The molecular formula is C19H24N4O3. The number of piperidine rings is 1. The first-order valence-corrected chi connectivity index (χ1v) is 9.33. The largest absolute Gasteiger partial charge is 0.322 e. The number of carbonyl (C=O) groups excluding carboxylic acids is 3. The number of hydrogen-bond acceptors (Lipinski definition) is 5. The minimum Gasteiger partial charge on any atom is -0.322 e. The van der Waals surface area contributed by atoms with Crippen LogP contribution in [0.4, 0.5) is 0 Å². The number of rotatable bonds is 5. The fourth-order valence-electron chi connectivity index (χ4n) is 4.13. The summed E-state index contributed by atoms with van der Waals surface area (Å²) in [6.07, 6.45) is 3.09. The van der Waals surface area contributed by atoms with Crippen molar-refractivity contribution in [1.29, 1.82) is 0 Å². The molecule has 26 heavy (non-hydrogen) atoms. The summed E-state index contributed by atoms with van der Waals surface area (Å²) in [5.74, 6) is -0.746. The van der Waals surface area contributed by atoms with Gasteiger partial charge in [-0.25, -0.2) is 0 Å². The molecule has 0 aromatic heterocycles. The maximum Gasteiger partial charge on any atom is 0.255 e. The van der Waals surface area contributed by atoms with E-state index in [9.17, 15) is 14.4 Å². The summed E-state index contributed by atoms with van der Waals surface area (Å²) in [5.41, 5.74) is 2.77. The number of imide groups is 1. The van der Waals surface area contributed by atoms with Gasteiger partial charge in [-0.15, -0.1) is 0 Å². The van der Waals surface area contributed by atoms with E-state index in [4.69, 9.17) is 0 Å². The predicted octanol–water partition coefficient (Wildman–Crippen LogP) is 0.289. The molecule has 0 aliphatic carbocycles. The van der Waals surface area contributed by atoms with Gasteiger partial charge in [-0.3, -0.25) is 19.7 Å². The Bertz CT molecular complexity index is 742. The van der Waals surface area contributed by atoms with Crippen LogP contribution >= 0.6 is 0 Å². The molecule has 2 fully saturated rings. The van der Waals surface area contributed by atoms with E-state index in [0.29, 0.717) is 31.1 Å². The highest BCUT2D eigenvalue weighted by atomic mass is 16.2. The molecule has 4 rings (SSSR count). The average Bonchev–Trinajstić information content (AvgIpc) is 3.24. The van der Waals surface area contributed by atoms with E-state index in [1.807, 2.05) is 18.2 Å². The highest BCUT2D eigenvalue weighted by Crippen LogP contribution is 2.29. The van der Waals surface area contributed by atoms with Gasteiger partial charge in [0.2, 0.25) is 11.8 Å². The fourth-order valence-corrected chi connectivity index (χ4v) is 4.13. The van der Waals surface area contributed by atoms with Crippen molar-refractivity contribution in [3.8, 4) is 0 Å². The van der Waals surface area contributed by atoms with Crippen molar-refractivity contribution in [2.75, 3.05) is 13.1 Å². The third kappa shape index (κ3) is 3.24. The lowest BCUT2D eigenvalue weighted by molar-refractivity contribution is -0.136. The number of carbonyl (C=O) groups is 3. The lowest BCUT2D eigenvalue weighted by Crippen LogP contribution is -2.52. The molecule has 3 aliphatic heterocycles. The second-order valence-corrected chi connectivity index (χ2v) is 7.27. The van der Waals surface area contributed by atoms with Gasteiger partial charge in [0, 0.05) is 37.7 Å². The summed E-state index contributed by atoms with van der Waals surface area (Å²) >= 11 is 0. The number of benzene rings is 1. The molecule has 0 radical (unpaired) electrons. The molecule has 0 bridgehead atoms. The van der Waals surface area contributed by atoms with Crippen LogP contribution in [-0.4, -0.2) is 47.8 Å². The van der Waals surface area contributed by atoms with Gasteiger partial charge in [-0.2, -0.15) is 0 Å². The number of nitrogens with one attached hydrogen (secondary N) is 3. The molecule has 1 aromatic rings. The maximum atomic E-state index is 12.8. The first-order valence-electron chi connectivity index (χ1n) is 9.33. The third-order valence-electron chi connectivity index (χ3n) is 5.55. The van der Waals surface area contributed by atoms with Crippen LogP contribution in [0.15, 0.2) is 18.2 Å². The van der Waals surface area contributed by atoms with Gasteiger partial charge in [-0.1, -0.05) is 12.1 Å². The fraction of sp³-hybridized carbons (Fsp3) is 0.526. The highest BCUT2D eigenvalue weighted by molar-refractivity contribution is 6.05. The quantitative estimate of drug-likeness (QED) is 0.660. The van der Waals surface area contributed by atoms with Gasteiger partial charge in [-0.05, 0) is 43.0 Å². The molecule has 2 atom stereocenters. The zero-order chi connectivity index (χ0) is 18.1. The van der Waals surface area contributed by atoms with Gasteiger partial charge in [0.15, 0.2) is 0 Å². The molecule has 7 heteroatoms. The molecule has 138 valence electrons. The van der Waals surface area contributed by atoms with E-state index in [1.165, 1.54) is 12.8 Å². The van der Waals surface area contributed by atoms with Gasteiger partial charge in [0.05, 0.1) is 0 Å². The topological polar surface area (TPSA) is 90.5 Å². The molecule has 7 nitrogen and oxygen atoms in total. The second-order valence-electron chi connectivity index (χ2n) is 7.27. The van der Waals surface area contributed by atoms with Crippen molar-refractivity contribution in [2.24, 2.45) is 0 Å². The first kappa shape index (κ1) is 17.2. The number of amides is 3. The molecule has 0 saturated carbocycles. The molecule has 1 aromatic carbocycles. The van der Waals surface area contributed by atoms with E-state index in [-0.39, 0.29) is 24.1 Å². The summed E-state index contributed by atoms with van der Waals surface area (Å²) < 4.78 is 0. The lowest BCUT2D eigenvalue weighted by atomic mass is 10.0. The number of nitrogens with zero attached hydrogens (tertiary/aromatic N) is 1. The molecule has 3 heterocycles. The molecule has 3 amide bonds. The maximum absolute atomic E-state index is 12.8. The third-order valence-corrected chi connectivity index (χ3v) is 5.55. The predicted molar refractivity (Wildman–Crippen MR) is 95.2 cm³/mol. The first-order chi connectivity index (χ1) is 12.6. The van der Waals surface area contributed by atoms with Gasteiger partial charge >= 0.3 is 0 Å². The van der Waals surface area contributed by atoms with Crippen LogP contribution in [0, 0.1) is 0 Å². The minimum absolute atomic E-state index is 0.117. The Labute approximate surface area is 152 Å². The molecule has 2 saturated heterocycles. The Balaban J connectivity index is 1.45. The Morgan fingerprint density at radius 1 is 1.19 bits per heavy atom. The Kier molecular flexibility index (Phi) is 4.74. The van der Waals surface area contributed by atoms with Crippen molar-refractivity contribution in [2.45, 2.75) is 50.9 Å². The monoisotopic (exact) mass is 356 g/mol. The lowest BCUT2D eigenvalue weighted by Gasteiger charge is -2.29. The van der Waals surface area contributed by atoms with Crippen LogP contribution in [0.3, 0.4) is 0 Å². The smallest absolute Gasteiger partial charge is 0.255 e. The van der Waals surface area contributed by atoms with E-state index >= 15 is 0 Å². The van der Waals surface area contributed by atoms with Crippen molar-refractivity contribution in [3.05, 3.63) is 34.9 Å². The second kappa shape index (κ2) is 7.17. The van der Waals surface area contributed by atoms with Crippen LogP contribution in [0.2, 0.25) is 0 Å². The van der Waals surface area contributed by atoms with Gasteiger partial charge < -0.3 is 15.5 Å². The summed E-state index contributed by atoms with van der Waals surface area (Å²) in [6.45, 7) is 3.13.